The van der Waals surface area contributed by atoms with E-state index in [0.717, 1.165) is 45.3 Å². The number of carbonyl (C=O) groups excluding carboxylic acids is 1. The van der Waals surface area contributed by atoms with Gasteiger partial charge in [-0.25, -0.2) is 0 Å². The van der Waals surface area contributed by atoms with Crippen molar-refractivity contribution in [2.45, 2.75) is 63.8 Å². The second kappa shape index (κ2) is 9.43. The van der Waals surface area contributed by atoms with Crippen molar-refractivity contribution in [3.63, 3.8) is 0 Å². The third-order valence-electron chi connectivity index (χ3n) is 5.45. The molecule has 24 heavy (non-hydrogen) atoms. The first kappa shape index (κ1) is 19.3. The largest absolute Gasteiger partial charge is 0.340 e. The van der Waals surface area contributed by atoms with Gasteiger partial charge < -0.3 is 10.2 Å². The van der Waals surface area contributed by atoms with Crippen LogP contribution in [-0.2, 0) is 11.2 Å². The fourth-order valence-corrected chi connectivity index (χ4v) is 4.26. The highest BCUT2D eigenvalue weighted by atomic mass is 35.5. The minimum Gasteiger partial charge on any atom is -0.340 e. The number of fused-ring (bicyclic) bond motifs is 1. The Kier molecular flexibility index (Phi) is 7.57. The molecular formula is C20H31ClN2O. The lowest BCUT2D eigenvalue weighted by atomic mass is 9.81. The van der Waals surface area contributed by atoms with Gasteiger partial charge in [0.1, 0.15) is 0 Å². The molecule has 0 saturated carbocycles. The molecule has 0 spiro atoms. The maximum absolute atomic E-state index is 13.0. The molecule has 0 bridgehead atoms. The molecular weight excluding hydrogens is 320 g/mol. The molecule has 1 fully saturated rings. The van der Waals surface area contributed by atoms with Crippen molar-refractivity contribution in [1.82, 2.24) is 10.2 Å². The lowest BCUT2D eigenvalue weighted by molar-refractivity contribution is -0.134. The Bertz CT molecular complexity index is 528. The molecule has 0 aromatic heterocycles. The zero-order valence-electron chi connectivity index (χ0n) is 14.8. The summed E-state index contributed by atoms with van der Waals surface area (Å²) in [6.07, 6.45) is 7.51. The van der Waals surface area contributed by atoms with Gasteiger partial charge in [-0.15, -0.1) is 12.4 Å². The number of hydrogen-bond donors (Lipinski definition) is 1. The topological polar surface area (TPSA) is 32.3 Å². The molecule has 1 aromatic carbocycles. The standard InChI is InChI=1S/C20H30N2O.ClH/c1-2-14-22(18-10-12-21-13-11-18)20(23)15-17-8-5-7-16-6-3-4-9-19(16)17;/h3-4,6,9,17-18,21H,2,5,7-8,10-15H2,1H3;1H. The van der Waals surface area contributed by atoms with Gasteiger partial charge in [-0.2, -0.15) is 0 Å². The molecule has 1 amide bonds. The summed E-state index contributed by atoms with van der Waals surface area (Å²) >= 11 is 0. The van der Waals surface area contributed by atoms with E-state index in [2.05, 4.69) is 41.4 Å². The number of halogens is 1. The van der Waals surface area contributed by atoms with Crippen LogP contribution in [-0.4, -0.2) is 36.5 Å². The summed E-state index contributed by atoms with van der Waals surface area (Å²) in [4.78, 5) is 15.2. The second-order valence-corrected chi connectivity index (χ2v) is 7.06. The molecule has 1 saturated heterocycles. The minimum absolute atomic E-state index is 0. The predicted octanol–water partition coefficient (Wildman–Crippen LogP) is 3.91. The Balaban J connectivity index is 0.00000208. The van der Waals surface area contributed by atoms with Crippen LogP contribution >= 0.6 is 12.4 Å². The molecule has 134 valence electrons. The van der Waals surface area contributed by atoms with E-state index in [1.54, 1.807) is 0 Å². The van der Waals surface area contributed by atoms with Gasteiger partial charge in [0.05, 0.1) is 0 Å². The molecule has 2 aliphatic rings. The summed E-state index contributed by atoms with van der Waals surface area (Å²) in [5, 5.41) is 3.41. The van der Waals surface area contributed by atoms with Crippen LogP contribution in [0.25, 0.3) is 0 Å². The fourth-order valence-electron chi connectivity index (χ4n) is 4.26. The number of piperidine rings is 1. The molecule has 3 nitrogen and oxygen atoms in total. The average Bonchev–Trinajstić information content (AvgIpc) is 2.60. The Labute approximate surface area is 152 Å². The molecule has 1 atom stereocenters. The zero-order chi connectivity index (χ0) is 16.1. The zero-order valence-corrected chi connectivity index (χ0v) is 15.6. The van der Waals surface area contributed by atoms with Gasteiger partial charge in [-0.05, 0) is 68.7 Å². The van der Waals surface area contributed by atoms with Gasteiger partial charge in [0.15, 0.2) is 0 Å². The number of hydrogen-bond acceptors (Lipinski definition) is 2. The predicted molar refractivity (Wildman–Crippen MR) is 102 cm³/mol. The van der Waals surface area contributed by atoms with Crippen molar-refractivity contribution < 1.29 is 4.79 Å². The highest BCUT2D eigenvalue weighted by molar-refractivity contribution is 5.85. The molecule has 1 aliphatic carbocycles. The summed E-state index contributed by atoms with van der Waals surface area (Å²) in [6.45, 7) is 5.18. The molecule has 1 heterocycles. The van der Waals surface area contributed by atoms with Crippen LogP contribution in [0.4, 0.5) is 0 Å². The summed E-state index contributed by atoms with van der Waals surface area (Å²) in [5.41, 5.74) is 2.88. The van der Waals surface area contributed by atoms with Crippen molar-refractivity contribution >= 4 is 18.3 Å². The maximum atomic E-state index is 13.0. The van der Waals surface area contributed by atoms with Crippen LogP contribution in [0.2, 0.25) is 0 Å². The van der Waals surface area contributed by atoms with Crippen LogP contribution in [0.3, 0.4) is 0 Å². The molecule has 1 aromatic rings. The quantitative estimate of drug-likeness (QED) is 0.873. The van der Waals surface area contributed by atoms with E-state index in [1.165, 1.54) is 24.0 Å². The van der Waals surface area contributed by atoms with E-state index in [4.69, 9.17) is 0 Å². The van der Waals surface area contributed by atoms with E-state index in [9.17, 15) is 4.79 Å². The molecule has 1 N–H and O–H groups in total. The van der Waals surface area contributed by atoms with Crippen LogP contribution in [0.5, 0.6) is 0 Å². The smallest absolute Gasteiger partial charge is 0.223 e. The van der Waals surface area contributed by atoms with Crippen LogP contribution < -0.4 is 5.32 Å². The van der Waals surface area contributed by atoms with E-state index < -0.39 is 0 Å². The van der Waals surface area contributed by atoms with E-state index in [1.807, 2.05) is 0 Å². The highest BCUT2D eigenvalue weighted by Gasteiger charge is 2.28. The number of benzene rings is 1. The Hall–Kier alpha value is -1.06. The van der Waals surface area contributed by atoms with Gasteiger partial charge in [-0.3, -0.25) is 4.79 Å². The number of amides is 1. The summed E-state index contributed by atoms with van der Waals surface area (Å²) in [6, 6.07) is 9.17. The van der Waals surface area contributed by atoms with Gasteiger partial charge in [0.25, 0.3) is 0 Å². The summed E-state index contributed by atoms with van der Waals surface area (Å²) in [7, 11) is 0. The average molecular weight is 351 g/mol. The van der Waals surface area contributed by atoms with Crippen molar-refractivity contribution in [3.8, 4) is 0 Å². The third kappa shape index (κ3) is 4.52. The Morgan fingerprint density at radius 3 is 2.71 bits per heavy atom. The monoisotopic (exact) mass is 350 g/mol. The lowest BCUT2D eigenvalue weighted by Crippen LogP contribution is -2.46. The van der Waals surface area contributed by atoms with Crippen molar-refractivity contribution in [3.05, 3.63) is 35.4 Å². The van der Waals surface area contributed by atoms with Crippen LogP contribution in [0, 0.1) is 0 Å². The Morgan fingerprint density at radius 2 is 1.96 bits per heavy atom. The fraction of sp³-hybridized carbons (Fsp3) is 0.650. The number of nitrogens with zero attached hydrogens (tertiary/aromatic N) is 1. The van der Waals surface area contributed by atoms with Gasteiger partial charge in [0, 0.05) is 19.0 Å². The molecule has 1 aliphatic heterocycles. The first-order valence-corrected chi connectivity index (χ1v) is 9.37. The van der Waals surface area contributed by atoms with Crippen molar-refractivity contribution in [2.75, 3.05) is 19.6 Å². The highest BCUT2D eigenvalue weighted by Crippen LogP contribution is 2.34. The maximum Gasteiger partial charge on any atom is 0.223 e. The molecule has 3 rings (SSSR count). The molecule has 1 unspecified atom stereocenters. The third-order valence-corrected chi connectivity index (χ3v) is 5.45. The SMILES string of the molecule is CCCN(C(=O)CC1CCCc2ccccc21)C1CCNCC1.Cl. The van der Waals surface area contributed by atoms with E-state index >= 15 is 0 Å². The lowest BCUT2D eigenvalue weighted by Gasteiger charge is -2.36. The summed E-state index contributed by atoms with van der Waals surface area (Å²) < 4.78 is 0. The minimum atomic E-state index is 0. The normalized spacial score (nSPS) is 20.8. The molecule has 4 heteroatoms. The number of aryl methyl sites for hydroxylation is 1. The van der Waals surface area contributed by atoms with Crippen LogP contribution in [0.15, 0.2) is 24.3 Å². The Morgan fingerprint density at radius 1 is 1.21 bits per heavy atom. The van der Waals surface area contributed by atoms with Crippen molar-refractivity contribution in [2.24, 2.45) is 0 Å². The van der Waals surface area contributed by atoms with Gasteiger partial charge in [-0.1, -0.05) is 31.2 Å². The molecule has 0 radical (unpaired) electrons. The number of carbonyl (C=O) groups is 1. The van der Waals surface area contributed by atoms with E-state index in [0.29, 0.717) is 24.3 Å². The van der Waals surface area contributed by atoms with E-state index in [-0.39, 0.29) is 12.4 Å². The number of rotatable bonds is 5. The van der Waals surface area contributed by atoms with Gasteiger partial charge >= 0.3 is 0 Å². The first-order chi connectivity index (χ1) is 11.3. The van der Waals surface area contributed by atoms with Gasteiger partial charge in [0.2, 0.25) is 5.91 Å². The first-order valence-electron chi connectivity index (χ1n) is 9.37. The van der Waals surface area contributed by atoms with Crippen LogP contribution in [0.1, 0.15) is 62.5 Å². The number of nitrogens with one attached hydrogen (secondary N) is 1. The summed E-state index contributed by atoms with van der Waals surface area (Å²) in [5.74, 6) is 0.800. The van der Waals surface area contributed by atoms with Crippen molar-refractivity contribution in [1.29, 1.82) is 0 Å². The second-order valence-electron chi connectivity index (χ2n) is 7.06.